The van der Waals surface area contributed by atoms with E-state index in [4.69, 9.17) is 9.47 Å². The van der Waals surface area contributed by atoms with Crippen LogP contribution in [-0.4, -0.2) is 32.5 Å². The van der Waals surface area contributed by atoms with Gasteiger partial charge in [-0.15, -0.1) is 0 Å². The van der Waals surface area contributed by atoms with Crippen molar-refractivity contribution in [2.75, 3.05) is 20.3 Å². The Morgan fingerprint density at radius 3 is 2.62 bits per heavy atom. The van der Waals surface area contributed by atoms with Crippen LogP contribution in [0.15, 0.2) is 12.2 Å². The zero-order valence-electron chi connectivity index (χ0n) is 8.42. The largest absolute Gasteiger partial charge is 0.377 e. The minimum Gasteiger partial charge on any atom is -0.377 e. The molecule has 4 heteroatoms. The average molecular weight is 187 g/mol. The van der Waals surface area contributed by atoms with E-state index in [2.05, 4.69) is 11.9 Å². The smallest absolute Gasteiger partial charge is 0.248 e. The Labute approximate surface area is 78.9 Å². The quantitative estimate of drug-likeness (QED) is 0.491. The van der Waals surface area contributed by atoms with Gasteiger partial charge in [-0.05, 0) is 13.8 Å². The summed E-state index contributed by atoms with van der Waals surface area (Å²) in [6.45, 7) is 7.99. The van der Waals surface area contributed by atoms with Gasteiger partial charge in [-0.25, -0.2) is 0 Å². The Morgan fingerprint density at radius 1 is 1.62 bits per heavy atom. The fraction of sp³-hybridized carbons (Fsp3) is 0.667. The maximum Gasteiger partial charge on any atom is 0.248 e. The molecule has 0 rings (SSSR count). The average Bonchev–Trinajstić information content (AvgIpc) is 2.11. The first-order chi connectivity index (χ1) is 6.11. The molecule has 0 aromatic carbocycles. The number of amides is 1. The van der Waals surface area contributed by atoms with Crippen molar-refractivity contribution in [3.05, 3.63) is 12.2 Å². The molecule has 4 nitrogen and oxygen atoms in total. The lowest BCUT2D eigenvalue weighted by Crippen LogP contribution is -2.39. The van der Waals surface area contributed by atoms with Gasteiger partial charge in [0.25, 0.3) is 0 Å². The predicted octanol–water partition coefficient (Wildman–Crippen LogP) is 0.688. The standard InChI is InChI=1S/C9H17NO3/c1-5-13-6-8(12-4)10-9(11)7(2)3/h8H,2,5-6H2,1,3-4H3,(H,10,11). The van der Waals surface area contributed by atoms with Gasteiger partial charge in [0.15, 0.2) is 6.23 Å². The molecule has 0 fully saturated rings. The molecule has 0 aliphatic heterocycles. The maximum absolute atomic E-state index is 11.1. The normalized spacial score (nSPS) is 12.2. The summed E-state index contributed by atoms with van der Waals surface area (Å²) in [4.78, 5) is 11.1. The summed E-state index contributed by atoms with van der Waals surface area (Å²) in [5.41, 5.74) is 0.457. The second-order valence-corrected chi connectivity index (χ2v) is 2.64. The molecule has 0 bridgehead atoms. The van der Waals surface area contributed by atoms with E-state index in [1.165, 1.54) is 7.11 Å². The molecule has 13 heavy (non-hydrogen) atoms. The summed E-state index contributed by atoms with van der Waals surface area (Å²) in [6, 6.07) is 0. The van der Waals surface area contributed by atoms with Crippen LogP contribution < -0.4 is 5.32 Å². The monoisotopic (exact) mass is 187 g/mol. The third kappa shape index (κ3) is 5.38. The minimum absolute atomic E-state index is 0.216. The highest BCUT2D eigenvalue weighted by atomic mass is 16.5. The van der Waals surface area contributed by atoms with Crippen LogP contribution in [0.25, 0.3) is 0 Å². The van der Waals surface area contributed by atoms with E-state index in [-0.39, 0.29) is 5.91 Å². The van der Waals surface area contributed by atoms with Crippen molar-refractivity contribution in [3.63, 3.8) is 0 Å². The molecule has 0 spiro atoms. The van der Waals surface area contributed by atoms with Crippen molar-refractivity contribution in [2.24, 2.45) is 0 Å². The van der Waals surface area contributed by atoms with E-state index >= 15 is 0 Å². The van der Waals surface area contributed by atoms with Gasteiger partial charge in [0.05, 0.1) is 6.61 Å². The fourth-order valence-corrected chi connectivity index (χ4v) is 0.663. The first-order valence-electron chi connectivity index (χ1n) is 4.18. The van der Waals surface area contributed by atoms with Crippen molar-refractivity contribution in [3.8, 4) is 0 Å². The third-order valence-electron chi connectivity index (χ3n) is 1.44. The van der Waals surface area contributed by atoms with E-state index in [9.17, 15) is 4.79 Å². The molecule has 1 unspecified atom stereocenters. The molecule has 0 aliphatic carbocycles. The lowest BCUT2D eigenvalue weighted by molar-refractivity contribution is -0.122. The molecule has 76 valence electrons. The van der Waals surface area contributed by atoms with Gasteiger partial charge in [-0.3, -0.25) is 4.79 Å². The molecule has 0 saturated carbocycles. The number of carbonyl (C=O) groups is 1. The molecule has 1 amide bonds. The van der Waals surface area contributed by atoms with Gasteiger partial charge in [0.1, 0.15) is 0 Å². The summed E-state index contributed by atoms with van der Waals surface area (Å²) in [6.07, 6.45) is -0.399. The van der Waals surface area contributed by atoms with Gasteiger partial charge in [-0.2, -0.15) is 0 Å². The number of nitrogens with one attached hydrogen (secondary N) is 1. The zero-order valence-corrected chi connectivity index (χ0v) is 8.42. The molecular formula is C9H17NO3. The highest BCUT2D eigenvalue weighted by Gasteiger charge is 2.10. The molecular weight excluding hydrogens is 170 g/mol. The second kappa shape index (κ2) is 6.62. The lowest BCUT2D eigenvalue weighted by Gasteiger charge is -2.16. The molecule has 0 radical (unpaired) electrons. The Balaban J connectivity index is 3.83. The van der Waals surface area contributed by atoms with E-state index < -0.39 is 6.23 Å². The van der Waals surface area contributed by atoms with Gasteiger partial charge in [0, 0.05) is 19.3 Å². The minimum atomic E-state index is -0.399. The first-order valence-corrected chi connectivity index (χ1v) is 4.18. The number of hydrogen-bond donors (Lipinski definition) is 1. The van der Waals surface area contributed by atoms with Crippen LogP contribution in [0.2, 0.25) is 0 Å². The van der Waals surface area contributed by atoms with E-state index in [1.807, 2.05) is 6.92 Å². The number of rotatable bonds is 6. The molecule has 0 saturated heterocycles. The third-order valence-corrected chi connectivity index (χ3v) is 1.44. The van der Waals surface area contributed by atoms with Crippen molar-refractivity contribution >= 4 is 5.91 Å². The summed E-state index contributed by atoms with van der Waals surface area (Å²) in [7, 11) is 1.52. The molecule has 0 aromatic rings. The molecule has 1 atom stereocenters. The maximum atomic E-state index is 11.1. The second-order valence-electron chi connectivity index (χ2n) is 2.64. The first kappa shape index (κ1) is 12.1. The number of ether oxygens (including phenoxy) is 2. The Kier molecular flexibility index (Phi) is 6.18. The van der Waals surface area contributed by atoms with Crippen molar-refractivity contribution in [1.29, 1.82) is 0 Å². The molecule has 0 aliphatic rings. The SMILES string of the molecule is C=C(C)C(=O)NC(COCC)OC. The van der Waals surface area contributed by atoms with Crippen LogP contribution in [-0.2, 0) is 14.3 Å². The Hall–Kier alpha value is -0.870. The Morgan fingerprint density at radius 2 is 2.23 bits per heavy atom. The highest BCUT2D eigenvalue weighted by Crippen LogP contribution is 1.91. The van der Waals surface area contributed by atoms with Crippen LogP contribution in [0.5, 0.6) is 0 Å². The molecule has 0 aromatic heterocycles. The van der Waals surface area contributed by atoms with Crippen molar-refractivity contribution in [2.45, 2.75) is 20.1 Å². The zero-order chi connectivity index (χ0) is 10.3. The van der Waals surface area contributed by atoms with Crippen LogP contribution in [0.1, 0.15) is 13.8 Å². The summed E-state index contributed by atoms with van der Waals surface area (Å²) in [5.74, 6) is -0.216. The lowest BCUT2D eigenvalue weighted by atomic mass is 10.3. The number of hydrogen-bond acceptors (Lipinski definition) is 3. The predicted molar refractivity (Wildman–Crippen MR) is 50.2 cm³/mol. The molecule has 1 N–H and O–H groups in total. The Bertz CT molecular complexity index is 180. The molecule has 0 heterocycles. The highest BCUT2D eigenvalue weighted by molar-refractivity contribution is 5.92. The van der Waals surface area contributed by atoms with E-state index in [0.29, 0.717) is 18.8 Å². The van der Waals surface area contributed by atoms with Crippen LogP contribution in [0, 0.1) is 0 Å². The van der Waals surface area contributed by atoms with Crippen LogP contribution in [0.3, 0.4) is 0 Å². The number of carbonyl (C=O) groups excluding carboxylic acids is 1. The topological polar surface area (TPSA) is 47.6 Å². The van der Waals surface area contributed by atoms with Crippen molar-refractivity contribution < 1.29 is 14.3 Å². The van der Waals surface area contributed by atoms with E-state index in [1.54, 1.807) is 6.92 Å². The fourth-order valence-electron chi connectivity index (χ4n) is 0.663. The van der Waals surface area contributed by atoms with E-state index in [0.717, 1.165) is 0 Å². The number of methoxy groups -OCH3 is 1. The van der Waals surface area contributed by atoms with Crippen LogP contribution >= 0.6 is 0 Å². The van der Waals surface area contributed by atoms with Crippen LogP contribution in [0.4, 0.5) is 0 Å². The summed E-state index contributed by atoms with van der Waals surface area (Å²) in [5, 5.41) is 2.62. The van der Waals surface area contributed by atoms with Gasteiger partial charge in [-0.1, -0.05) is 6.58 Å². The van der Waals surface area contributed by atoms with Crippen molar-refractivity contribution in [1.82, 2.24) is 5.32 Å². The summed E-state index contributed by atoms with van der Waals surface area (Å²) >= 11 is 0. The van der Waals surface area contributed by atoms with Gasteiger partial charge >= 0.3 is 0 Å². The van der Waals surface area contributed by atoms with Gasteiger partial charge in [0.2, 0.25) is 5.91 Å². The van der Waals surface area contributed by atoms with Gasteiger partial charge < -0.3 is 14.8 Å². The summed E-state index contributed by atoms with van der Waals surface area (Å²) < 4.78 is 10.1.